The zero-order chi connectivity index (χ0) is 14.5. The number of carbonyl (C=O) groups excluding carboxylic acids is 1. The van der Waals surface area contributed by atoms with Gasteiger partial charge in [-0.15, -0.1) is 0 Å². The normalized spacial score (nSPS) is 10.7. The maximum absolute atomic E-state index is 12.9. The molecule has 0 fully saturated rings. The number of nitrogens with one attached hydrogen (secondary N) is 1. The molecular formula is C15H12ClFN2O. The summed E-state index contributed by atoms with van der Waals surface area (Å²) in [5.74, 6) is -0.796. The molecule has 2 rings (SSSR count). The highest BCUT2D eigenvalue weighted by atomic mass is 35.5. The third-order valence-corrected chi connectivity index (χ3v) is 2.82. The molecular weight excluding hydrogens is 279 g/mol. The van der Waals surface area contributed by atoms with Gasteiger partial charge in [-0.05, 0) is 42.0 Å². The summed E-state index contributed by atoms with van der Waals surface area (Å²) in [5, 5.41) is 3.21. The molecule has 0 saturated heterocycles. The van der Waals surface area contributed by atoms with Gasteiger partial charge in [0, 0.05) is 11.1 Å². The van der Waals surface area contributed by atoms with Crippen LogP contribution in [0.3, 0.4) is 0 Å². The fourth-order valence-electron chi connectivity index (χ4n) is 1.57. The molecule has 0 aliphatic heterocycles. The van der Waals surface area contributed by atoms with Crippen molar-refractivity contribution >= 4 is 35.0 Å². The van der Waals surface area contributed by atoms with Crippen molar-refractivity contribution in [2.75, 3.05) is 11.1 Å². The van der Waals surface area contributed by atoms with Crippen molar-refractivity contribution < 1.29 is 9.18 Å². The van der Waals surface area contributed by atoms with Crippen molar-refractivity contribution in [1.29, 1.82) is 0 Å². The second-order valence-electron chi connectivity index (χ2n) is 4.11. The lowest BCUT2D eigenvalue weighted by molar-refractivity contribution is -0.111. The van der Waals surface area contributed by atoms with Gasteiger partial charge in [0.25, 0.3) is 0 Å². The van der Waals surface area contributed by atoms with Gasteiger partial charge in [-0.1, -0.05) is 23.7 Å². The number of benzene rings is 2. The van der Waals surface area contributed by atoms with Gasteiger partial charge in [-0.25, -0.2) is 4.39 Å². The molecule has 3 nitrogen and oxygen atoms in total. The third kappa shape index (κ3) is 3.83. The molecule has 0 radical (unpaired) electrons. The van der Waals surface area contributed by atoms with E-state index in [2.05, 4.69) is 5.32 Å². The van der Waals surface area contributed by atoms with Crippen LogP contribution in [0.25, 0.3) is 6.08 Å². The summed E-state index contributed by atoms with van der Waals surface area (Å²) in [6.07, 6.45) is 3.01. The van der Waals surface area contributed by atoms with Gasteiger partial charge in [0.2, 0.25) is 5.91 Å². The summed E-state index contributed by atoms with van der Waals surface area (Å²) in [6, 6.07) is 10.8. The van der Waals surface area contributed by atoms with E-state index in [1.165, 1.54) is 18.2 Å². The summed E-state index contributed by atoms with van der Waals surface area (Å²) >= 11 is 5.76. The van der Waals surface area contributed by atoms with Crippen LogP contribution in [0.15, 0.2) is 48.5 Å². The minimum Gasteiger partial charge on any atom is -0.397 e. The van der Waals surface area contributed by atoms with Crippen molar-refractivity contribution in [1.82, 2.24) is 0 Å². The van der Waals surface area contributed by atoms with Crippen LogP contribution in [0.2, 0.25) is 5.02 Å². The second-order valence-corrected chi connectivity index (χ2v) is 4.54. The summed E-state index contributed by atoms with van der Waals surface area (Å²) in [7, 11) is 0. The van der Waals surface area contributed by atoms with Crippen LogP contribution >= 0.6 is 11.6 Å². The largest absolute Gasteiger partial charge is 0.397 e. The van der Waals surface area contributed by atoms with Gasteiger partial charge in [-0.2, -0.15) is 0 Å². The van der Waals surface area contributed by atoms with E-state index in [0.717, 1.165) is 11.6 Å². The Balaban J connectivity index is 2.03. The van der Waals surface area contributed by atoms with E-state index in [9.17, 15) is 9.18 Å². The first-order valence-electron chi connectivity index (χ1n) is 5.84. The van der Waals surface area contributed by atoms with E-state index in [4.69, 9.17) is 17.3 Å². The number of nitrogen functional groups attached to an aromatic ring is 1. The highest BCUT2D eigenvalue weighted by molar-refractivity contribution is 6.30. The molecule has 0 aliphatic carbocycles. The Hall–Kier alpha value is -2.33. The number of anilines is 2. The lowest BCUT2D eigenvalue weighted by Gasteiger charge is -2.05. The number of amides is 1. The second kappa shape index (κ2) is 6.21. The molecule has 0 aliphatic rings. The van der Waals surface area contributed by atoms with E-state index in [0.29, 0.717) is 10.7 Å². The molecule has 1 amide bonds. The van der Waals surface area contributed by atoms with E-state index in [1.807, 2.05) is 0 Å². The fraction of sp³-hybridized carbons (Fsp3) is 0. The van der Waals surface area contributed by atoms with Crippen molar-refractivity contribution in [2.24, 2.45) is 0 Å². The van der Waals surface area contributed by atoms with Crippen LogP contribution in [0.4, 0.5) is 15.8 Å². The van der Waals surface area contributed by atoms with Gasteiger partial charge < -0.3 is 11.1 Å². The van der Waals surface area contributed by atoms with Crippen molar-refractivity contribution in [3.05, 3.63) is 64.9 Å². The predicted molar refractivity (Wildman–Crippen MR) is 79.9 cm³/mol. The maximum Gasteiger partial charge on any atom is 0.248 e. The Bertz CT molecular complexity index is 653. The average Bonchev–Trinajstić information content (AvgIpc) is 2.41. The minimum atomic E-state index is -0.447. The standard InChI is InChI=1S/C15H12ClFN2O/c16-11-4-1-10(2-5-11)3-8-15(20)19-14-7-6-12(17)9-13(14)18/h1-9H,18H2,(H,19,20)/b8-3+. The highest BCUT2D eigenvalue weighted by Crippen LogP contribution is 2.19. The van der Waals surface area contributed by atoms with E-state index in [1.54, 1.807) is 30.3 Å². The molecule has 0 heterocycles. The van der Waals surface area contributed by atoms with Crippen molar-refractivity contribution in [2.45, 2.75) is 0 Å². The number of halogens is 2. The van der Waals surface area contributed by atoms with Crippen LogP contribution < -0.4 is 11.1 Å². The van der Waals surface area contributed by atoms with Gasteiger partial charge in [0.1, 0.15) is 5.82 Å². The Morgan fingerprint density at radius 1 is 1.20 bits per heavy atom. The molecule has 0 spiro atoms. The summed E-state index contributed by atoms with van der Waals surface area (Å²) in [4.78, 5) is 11.7. The molecule has 0 saturated carbocycles. The first kappa shape index (κ1) is 14.1. The molecule has 2 aromatic rings. The number of nitrogens with two attached hydrogens (primary N) is 1. The highest BCUT2D eigenvalue weighted by Gasteiger charge is 2.03. The molecule has 2 aromatic carbocycles. The molecule has 0 unspecified atom stereocenters. The van der Waals surface area contributed by atoms with Crippen LogP contribution in [0, 0.1) is 5.82 Å². The molecule has 102 valence electrons. The van der Waals surface area contributed by atoms with Gasteiger partial charge in [0.05, 0.1) is 11.4 Å². The fourth-order valence-corrected chi connectivity index (χ4v) is 1.69. The van der Waals surface area contributed by atoms with Crippen molar-refractivity contribution in [3.8, 4) is 0 Å². The third-order valence-electron chi connectivity index (χ3n) is 2.57. The molecule has 20 heavy (non-hydrogen) atoms. The first-order valence-corrected chi connectivity index (χ1v) is 6.22. The Morgan fingerprint density at radius 2 is 1.90 bits per heavy atom. The van der Waals surface area contributed by atoms with Crippen LogP contribution in [0.1, 0.15) is 5.56 Å². The smallest absolute Gasteiger partial charge is 0.248 e. The van der Waals surface area contributed by atoms with E-state index < -0.39 is 5.82 Å². The van der Waals surface area contributed by atoms with Gasteiger partial charge >= 0.3 is 0 Å². The van der Waals surface area contributed by atoms with Gasteiger partial charge in [0.15, 0.2) is 0 Å². The van der Waals surface area contributed by atoms with E-state index >= 15 is 0 Å². The Morgan fingerprint density at radius 3 is 2.55 bits per heavy atom. The van der Waals surface area contributed by atoms with E-state index in [-0.39, 0.29) is 11.6 Å². The molecule has 0 atom stereocenters. The molecule has 0 aromatic heterocycles. The quantitative estimate of drug-likeness (QED) is 0.669. The lowest BCUT2D eigenvalue weighted by atomic mass is 10.2. The number of rotatable bonds is 3. The van der Waals surface area contributed by atoms with Gasteiger partial charge in [-0.3, -0.25) is 4.79 Å². The molecule has 5 heteroatoms. The first-order chi connectivity index (χ1) is 9.54. The summed E-state index contributed by atoms with van der Waals surface area (Å²) in [5.41, 5.74) is 7.00. The SMILES string of the molecule is Nc1cc(F)ccc1NC(=O)/C=C/c1ccc(Cl)cc1. The average molecular weight is 291 g/mol. The maximum atomic E-state index is 12.9. The van der Waals surface area contributed by atoms with Crippen LogP contribution in [-0.4, -0.2) is 5.91 Å². The summed E-state index contributed by atoms with van der Waals surface area (Å²) < 4.78 is 12.9. The monoisotopic (exact) mass is 290 g/mol. The molecule has 3 N–H and O–H groups in total. The molecule has 0 bridgehead atoms. The number of hydrogen-bond acceptors (Lipinski definition) is 2. The zero-order valence-electron chi connectivity index (χ0n) is 10.4. The number of carbonyl (C=O) groups is 1. The predicted octanol–water partition coefficient (Wildman–Crippen LogP) is 3.71. The Labute approximate surface area is 120 Å². The van der Waals surface area contributed by atoms with Crippen LogP contribution in [-0.2, 0) is 4.79 Å². The number of hydrogen-bond donors (Lipinski definition) is 2. The topological polar surface area (TPSA) is 55.1 Å². The summed E-state index contributed by atoms with van der Waals surface area (Å²) in [6.45, 7) is 0. The lowest BCUT2D eigenvalue weighted by Crippen LogP contribution is -2.09. The Kier molecular flexibility index (Phi) is 4.38. The minimum absolute atomic E-state index is 0.179. The zero-order valence-corrected chi connectivity index (χ0v) is 11.2. The van der Waals surface area contributed by atoms with Crippen LogP contribution in [0.5, 0.6) is 0 Å². The van der Waals surface area contributed by atoms with Crippen molar-refractivity contribution in [3.63, 3.8) is 0 Å².